The van der Waals surface area contributed by atoms with Gasteiger partial charge in [-0.05, 0) is 43.9 Å². The van der Waals surface area contributed by atoms with E-state index >= 15 is 0 Å². The monoisotopic (exact) mass is 441 g/mol. The van der Waals surface area contributed by atoms with Crippen LogP contribution in [-0.2, 0) is 4.79 Å². The van der Waals surface area contributed by atoms with Gasteiger partial charge in [-0.1, -0.05) is 42.5 Å². The molecule has 1 aliphatic rings. The molecule has 1 saturated heterocycles. The van der Waals surface area contributed by atoms with Crippen molar-refractivity contribution in [2.75, 3.05) is 23.3 Å². The van der Waals surface area contributed by atoms with E-state index in [1.54, 1.807) is 16.6 Å². The van der Waals surface area contributed by atoms with E-state index in [-0.39, 0.29) is 11.5 Å². The number of H-pyrrole nitrogens is 1. The molecule has 0 spiro atoms. The Morgan fingerprint density at radius 2 is 1.67 bits per heavy atom. The van der Waals surface area contributed by atoms with Crippen LogP contribution in [0.3, 0.4) is 0 Å². The number of carbonyl (C=O) groups is 1. The second-order valence-electron chi connectivity index (χ2n) is 8.54. The van der Waals surface area contributed by atoms with Gasteiger partial charge in [-0.15, -0.1) is 0 Å². The number of hydrogen-bond acceptors (Lipinski definition) is 4. The summed E-state index contributed by atoms with van der Waals surface area (Å²) in [5.74, 6) is -0.132. The fraction of sp³-hybridized carbons (Fsp3) is 0.269. The quantitative estimate of drug-likeness (QED) is 0.484. The number of carbonyl (C=O) groups excluding carboxylic acids is 1. The highest BCUT2D eigenvalue weighted by Gasteiger charge is 2.24. The molecule has 2 N–H and O–H groups in total. The topological polar surface area (TPSA) is 82.5 Å². The van der Waals surface area contributed by atoms with E-state index < -0.39 is 0 Å². The number of nitrogens with zero attached hydrogens (tertiary/aromatic N) is 3. The van der Waals surface area contributed by atoms with Gasteiger partial charge in [-0.2, -0.15) is 4.52 Å². The van der Waals surface area contributed by atoms with Gasteiger partial charge in [-0.3, -0.25) is 14.7 Å². The molecule has 7 heteroatoms. The normalized spacial score (nSPS) is 13.9. The number of aromatic nitrogens is 3. The molecule has 1 fully saturated rings. The third kappa shape index (κ3) is 3.91. The Hall–Kier alpha value is -3.87. The molecule has 0 aliphatic carbocycles. The standard InChI is InChI=1S/C26H27N5O2/c1-17-22(19-11-13-21(14-12-19)28-18(2)32)26(33)31-25(27-17)24(30-15-7-4-8-16-30)23(29-31)20-9-5-3-6-10-20/h3,5-6,9-14,29H,4,7-8,15-16H2,1-2H3,(H,28,32). The van der Waals surface area contributed by atoms with Gasteiger partial charge >= 0.3 is 0 Å². The molecule has 5 rings (SSSR count). The highest BCUT2D eigenvalue weighted by Crippen LogP contribution is 2.35. The zero-order chi connectivity index (χ0) is 22.9. The summed E-state index contributed by atoms with van der Waals surface area (Å²) in [4.78, 5) is 32.3. The average Bonchev–Trinajstić information content (AvgIpc) is 3.20. The Balaban J connectivity index is 1.69. The van der Waals surface area contributed by atoms with Crippen LogP contribution in [0.5, 0.6) is 0 Å². The second kappa shape index (κ2) is 8.58. The molecular weight excluding hydrogens is 414 g/mol. The van der Waals surface area contributed by atoms with Gasteiger partial charge in [0.25, 0.3) is 5.56 Å². The maximum atomic E-state index is 13.7. The molecule has 2 aromatic heterocycles. The SMILES string of the molecule is CC(=O)Nc1ccc(-c2c(C)nc3c(N4CCCCC4)c(-c4ccccc4)[nH]n3c2=O)cc1. The minimum Gasteiger partial charge on any atom is -0.367 e. The molecule has 0 radical (unpaired) electrons. The predicted molar refractivity (Wildman–Crippen MR) is 132 cm³/mol. The van der Waals surface area contributed by atoms with Crippen LogP contribution < -0.4 is 15.8 Å². The van der Waals surface area contributed by atoms with Crippen molar-refractivity contribution in [2.45, 2.75) is 33.1 Å². The largest absolute Gasteiger partial charge is 0.367 e. The first-order valence-corrected chi connectivity index (χ1v) is 11.4. The average molecular weight is 442 g/mol. The Labute approximate surface area is 192 Å². The number of aromatic amines is 1. The van der Waals surface area contributed by atoms with E-state index in [4.69, 9.17) is 4.98 Å². The van der Waals surface area contributed by atoms with Gasteiger partial charge in [0.05, 0.1) is 17.0 Å². The van der Waals surface area contributed by atoms with E-state index in [0.29, 0.717) is 22.6 Å². The predicted octanol–water partition coefficient (Wildman–Crippen LogP) is 4.61. The summed E-state index contributed by atoms with van der Waals surface area (Å²) >= 11 is 0. The van der Waals surface area contributed by atoms with Crippen LogP contribution in [-0.4, -0.2) is 33.6 Å². The highest BCUT2D eigenvalue weighted by molar-refractivity contribution is 5.89. The number of hydrogen-bond donors (Lipinski definition) is 2. The molecule has 0 bridgehead atoms. The van der Waals surface area contributed by atoms with Gasteiger partial charge in [0.2, 0.25) is 5.91 Å². The molecule has 0 saturated carbocycles. The van der Waals surface area contributed by atoms with Crippen LogP contribution in [0, 0.1) is 6.92 Å². The third-order valence-corrected chi connectivity index (χ3v) is 6.17. The van der Waals surface area contributed by atoms with Crippen molar-refractivity contribution in [3.63, 3.8) is 0 Å². The van der Waals surface area contributed by atoms with Gasteiger partial charge in [-0.25, -0.2) is 4.98 Å². The fourth-order valence-corrected chi connectivity index (χ4v) is 4.65. The van der Waals surface area contributed by atoms with E-state index in [1.807, 2.05) is 37.3 Å². The van der Waals surface area contributed by atoms with Crippen molar-refractivity contribution in [1.29, 1.82) is 0 Å². The fourth-order valence-electron chi connectivity index (χ4n) is 4.65. The highest BCUT2D eigenvalue weighted by atomic mass is 16.1. The van der Waals surface area contributed by atoms with Crippen LogP contribution in [0.4, 0.5) is 11.4 Å². The van der Waals surface area contributed by atoms with E-state index in [2.05, 4.69) is 27.4 Å². The summed E-state index contributed by atoms with van der Waals surface area (Å²) in [7, 11) is 0. The molecule has 7 nitrogen and oxygen atoms in total. The Kier molecular flexibility index (Phi) is 5.46. The summed E-state index contributed by atoms with van der Waals surface area (Å²) in [6.07, 6.45) is 3.49. The first-order valence-electron chi connectivity index (χ1n) is 11.4. The molecule has 4 aromatic rings. The van der Waals surface area contributed by atoms with E-state index in [9.17, 15) is 9.59 Å². The Morgan fingerprint density at radius 3 is 2.33 bits per heavy atom. The molecule has 1 amide bonds. The lowest BCUT2D eigenvalue weighted by Gasteiger charge is -2.28. The van der Waals surface area contributed by atoms with E-state index in [0.717, 1.165) is 48.4 Å². The van der Waals surface area contributed by atoms with E-state index in [1.165, 1.54) is 13.3 Å². The number of piperidine rings is 1. The lowest BCUT2D eigenvalue weighted by Crippen LogP contribution is -2.30. The van der Waals surface area contributed by atoms with Crippen molar-refractivity contribution >= 4 is 22.9 Å². The van der Waals surface area contributed by atoms with Crippen LogP contribution in [0.2, 0.25) is 0 Å². The number of aryl methyl sites for hydroxylation is 1. The molecular formula is C26H27N5O2. The zero-order valence-electron chi connectivity index (χ0n) is 18.9. The lowest BCUT2D eigenvalue weighted by molar-refractivity contribution is -0.114. The number of amides is 1. The smallest absolute Gasteiger partial charge is 0.280 e. The molecule has 2 aromatic carbocycles. The molecule has 168 valence electrons. The minimum absolute atomic E-state index is 0.132. The van der Waals surface area contributed by atoms with Gasteiger partial charge in [0.15, 0.2) is 5.65 Å². The van der Waals surface area contributed by atoms with Crippen LogP contribution in [0.15, 0.2) is 59.4 Å². The van der Waals surface area contributed by atoms with Crippen molar-refractivity contribution in [1.82, 2.24) is 14.6 Å². The first-order chi connectivity index (χ1) is 16.0. The summed E-state index contributed by atoms with van der Waals surface area (Å²) in [5.41, 5.74) is 6.16. The van der Waals surface area contributed by atoms with Crippen molar-refractivity contribution in [2.24, 2.45) is 0 Å². The van der Waals surface area contributed by atoms with Gasteiger partial charge < -0.3 is 10.2 Å². The Bertz CT molecular complexity index is 1360. The van der Waals surface area contributed by atoms with Gasteiger partial charge in [0.1, 0.15) is 5.69 Å². The van der Waals surface area contributed by atoms with Crippen molar-refractivity contribution < 1.29 is 4.79 Å². The molecule has 33 heavy (non-hydrogen) atoms. The molecule has 3 heterocycles. The molecule has 0 unspecified atom stereocenters. The lowest BCUT2D eigenvalue weighted by atomic mass is 10.0. The number of anilines is 2. The minimum atomic E-state index is -0.134. The summed E-state index contributed by atoms with van der Waals surface area (Å²) in [6.45, 7) is 5.26. The number of nitrogens with one attached hydrogen (secondary N) is 2. The van der Waals surface area contributed by atoms with Crippen LogP contribution in [0.1, 0.15) is 31.9 Å². The number of fused-ring (bicyclic) bond motifs is 1. The number of rotatable bonds is 4. The maximum absolute atomic E-state index is 13.7. The van der Waals surface area contributed by atoms with Crippen molar-refractivity contribution in [3.05, 3.63) is 70.6 Å². The third-order valence-electron chi connectivity index (χ3n) is 6.17. The summed E-state index contributed by atoms with van der Waals surface area (Å²) in [6, 6.07) is 17.4. The number of benzene rings is 2. The van der Waals surface area contributed by atoms with Gasteiger partial charge in [0, 0.05) is 31.3 Å². The molecule has 1 aliphatic heterocycles. The summed E-state index contributed by atoms with van der Waals surface area (Å²) < 4.78 is 1.58. The maximum Gasteiger partial charge on any atom is 0.280 e. The first kappa shape index (κ1) is 21.0. The molecule has 0 atom stereocenters. The Morgan fingerprint density at radius 1 is 0.970 bits per heavy atom. The zero-order valence-corrected chi connectivity index (χ0v) is 18.9. The van der Waals surface area contributed by atoms with Crippen LogP contribution >= 0.6 is 0 Å². The van der Waals surface area contributed by atoms with Crippen LogP contribution in [0.25, 0.3) is 28.0 Å². The van der Waals surface area contributed by atoms with Crippen molar-refractivity contribution in [3.8, 4) is 22.4 Å². The summed E-state index contributed by atoms with van der Waals surface area (Å²) in [5, 5.41) is 6.12. The second-order valence-corrected chi connectivity index (χ2v) is 8.54.